The highest BCUT2D eigenvalue weighted by Gasteiger charge is 2.17. The molecular weight excluding hydrogens is 264 g/mol. The molecule has 0 amide bonds. The molecule has 2 rings (SSSR count). The van der Waals surface area contributed by atoms with E-state index in [-0.39, 0.29) is 0 Å². The fraction of sp³-hybridized carbons (Fsp3) is 0.529. The average molecular weight is 290 g/mol. The molecule has 1 aromatic heterocycles. The fourth-order valence-electron chi connectivity index (χ4n) is 2.63. The van der Waals surface area contributed by atoms with Crippen LogP contribution in [0.15, 0.2) is 30.3 Å². The maximum Gasteiger partial charge on any atom is 0.0387 e. The number of hydrogen-bond donors (Lipinski definition) is 1. The molecule has 1 aromatic carbocycles. The fourth-order valence-corrected chi connectivity index (χ4v) is 3.72. The van der Waals surface area contributed by atoms with Gasteiger partial charge in [0.05, 0.1) is 0 Å². The van der Waals surface area contributed by atoms with Gasteiger partial charge < -0.3 is 10.2 Å². The molecule has 0 saturated heterocycles. The van der Waals surface area contributed by atoms with Gasteiger partial charge in [-0.3, -0.25) is 0 Å². The van der Waals surface area contributed by atoms with Crippen molar-refractivity contribution in [2.45, 2.75) is 32.9 Å². The summed E-state index contributed by atoms with van der Waals surface area (Å²) in [4.78, 5) is 3.74. The molecule has 0 radical (unpaired) electrons. The van der Waals surface area contributed by atoms with Crippen molar-refractivity contribution < 1.29 is 0 Å². The molecule has 110 valence electrons. The second-order valence-electron chi connectivity index (χ2n) is 6.09. The molecule has 2 unspecified atom stereocenters. The van der Waals surface area contributed by atoms with Crippen LogP contribution in [0.2, 0.25) is 0 Å². The van der Waals surface area contributed by atoms with E-state index in [1.807, 2.05) is 11.3 Å². The highest BCUT2D eigenvalue weighted by Crippen LogP contribution is 2.29. The van der Waals surface area contributed by atoms with Crippen molar-refractivity contribution in [3.05, 3.63) is 35.2 Å². The summed E-state index contributed by atoms with van der Waals surface area (Å²) in [5.41, 5.74) is 0. The van der Waals surface area contributed by atoms with Crippen molar-refractivity contribution in [1.29, 1.82) is 0 Å². The molecule has 1 heterocycles. The highest BCUT2D eigenvalue weighted by molar-refractivity contribution is 7.19. The minimum atomic E-state index is 0.411. The van der Waals surface area contributed by atoms with Crippen molar-refractivity contribution >= 4 is 21.4 Å². The predicted octanol–water partition coefficient (Wildman–Crippen LogP) is 4.14. The van der Waals surface area contributed by atoms with Gasteiger partial charge in [-0.05, 0) is 44.5 Å². The van der Waals surface area contributed by atoms with E-state index in [2.05, 4.69) is 75.4 Å². The lowest BCUT2D eigenvalue weighted by Crippen LogP contribution is -2.42. The second kappa shape index (κ2) is 6.70. The zero-order chi connectivity index (χ0) is 14.7. The van der Waals surface area contributed by atoms with Gasteiger partial charge in [-0.15, -0.1) is 11.3 Å². The summed E-state index contributed by atoms with van der Waals surface area (Å²) in [5.74, 6) is 0.659. The largest absolute Gasteiger partial charge is 0.308 e. The summed E-state index contributed by atoms with van der Waals surface area (Å²) in [6, 6.07) is 11.9. The number of benzene rings is 1. The Labute approximate surface area is 126 Å². The number of hydrogen-bond acceptors (Lipinski definition) is 3. The SMILES string of the molecule is CC(NCC(C(C)C)N(C)C)c1cc2ccccc2s1. The minimum Gasteiger partial charge on any atom is -0.308 e. The molecule has 1 N–H and O–H groups in total. The Hall–Kier alpha value is -0.900. The van der Waals surface area contributed by atoms with Gasteiger partial charge in [0.15, 0.2) is 0 Å². The number of likely N-dealkylation sites (N-methyl/N-ethyl adjacent to an activating group) is 1. The van der Waals surface area contributed by atoms with E-state index in [0.717, 1.165) is 6.54 Å². The second-order valence-corrected chi connectivity index (χ2v) is 7.21. The first-order valence-corrected chi connectivity index (χ1v) is 8.19. The van der Waals surface area contributed by atoms with Crippen LogP contribution in [-0.2, 0) is 0 Å². The first-order chi connectivity index (χ1) is 9.49. The van der Waals surface area contributed by atoms with Crippen LogP contribution < -0.4 is 5.32 Å². The van der Waals surface area contributed by atoms with Gasteiger partial charge >= 0.3 is 0 Å². The van der Waals surface area contributed by atoms with Crippen molar-refractivity contribution in [2.24, 2.45) is 5.92 Å². The summed E-state index contributed by atoms with van der Waals surface area (Å²) in [6.45, 7) is 7.87. The highest BCUT2D eigenvalue weighted by atomic mass is 32.1. The number of rotatable bonds is 6. The lowest BCUT2D eigenvalue weighted by molar-refractivity contribution is 0.220. The Balaban J connectivity index is 2.02. The quantitative estimate of drug-likeness (QED) is 0.860. The number of fused-ring (bicyclic) bond motifs is 1. The van der Waals surface area contributed by atoms with E-state index < -0.39 is 0 Å². The van der Waals surface area contributed by atoms with Crippen LogP contribution in [-0.4, -0.2) is 31.6 Å². The number of nitrogens with zero attached hydrogens (tertiary/aromatic N) is 1. The smallest absolute Gasteiger partial charge is 0.0387 e. The molecule has 0 aliphatic carbocycles. The van der Waals surface area contributed by atoms with Crippen LogP contribution in [0.25, 0.3) is 10.1 Å². The van der Waals surface area contributed by atoms with E-state index in [4.69, 9.17) is 0 Å². The summed E-state index contributed by atoms with van der Waals surface area (Å²) < 4.78 is 1.38. The van der Waals surface area contributed by atoms with Crippen LogP contribution in [0.4, 0.5) is 0 Å². The molecule has 0 aliphatic heterocycles. The maximum absolute atomic E-state index is 3.69. The molecule has 0 spiro atoms. The molecule has 20 heavy (non-hydrogen) atoms. The molecule has 0 bridgehead atoms. The predicted molar refractivity (Wildman–Crippen MR) is 90.6 cm³/mol. The van der Waals surface area contributed by atoms with Crippen molar-refractivity contribution in [3.8, 4) is 0 Å². The van der Waals surface area contributed by atoms with Crippen molar-refractivity contribution in [2.75, 3.05) is 20.6 Å². The molecule has 0 saturated carbocycles. The van der Waals surface area contributed by atoms with Gasteiger partial charge in [0.2, 0.25) is 0 Å². The minimum absolute atomic E-state index is 0.411. The van der Waals surface area contributed by atoms with E-state index in [1.165, 1.54) is 15.0 Å². The van der Waals surface area contributed by atoms with Crippen LogP contribution in [0.3, 0.4) is 0 Å². The monoisotopic (exact) mass is 290 g/mol. The van der Waals surface area contributed by atoms with Crippen LogP contribution in [0, 0.1) is 5.92 Å². The summed E-state index contributed by atoms with van der Waals surface area (Å²) in [6.07, 6.45) is 0. The Morgan fingerprint density at radius 2 is 1.85 bits per heavy atom. The van der Waals surface area contributed by atoms with E-state index in [1.54, 1.807) is 0 Å². The molecule has 3 heteroatoms. The van der Waals surface area contributed by atoms with Crippen LogP contribution in [0.1, 0.15) is 31.7 Å². The van der Waals surface area contributed by atoms with Gasteiger partial charge in [0, 0.05) is 28.2 Å². The van der Waals surface area contributed by atoms with Gasteiger partial charge in [-0.1, -0.05) is 32.0 Å². The summed E-state index contributed by atoms with van der Waals surface area (Å²) in [5, 5.41) is 5.05. The van der Waals surface area contributed by atoms with Crippen LogP contribution >= 0.6 is 11.3 Å². The van der Waals surface area contributed by atoms with Gasteiger partial charge in [-0.25, -0.2) is 0 Å². The molecule has 2 atom stereocenters. The van der Waals surface area contributed by atoms with Gasteiger partial charge in [0.1, 0.15) is 0 Å². The van der Waals surface area contributed by atoms with Gasteiger partial charge in [-0.2, -0.15) is 0 Å². The average Bonchev–Trinajstić information content (AvgIpc) is 2.81. The summed E-state index contributed by atoms with van der Waals surface area (Å²) in [7, 11) is 4.33. The normalized spacial score (nSPS) is 15.2. The van der Waals surface area contributed by atoms with Crippen LogP contribution in [0.5, 0.6) is 0 Å². The Morgan fingerprint density at radius 1 is 1.15 bits per heavy atom. The molecular formula is C17H26N2S. The first-order valence-electron chi connectivity index (χ1n) is 7.37. The Kier molecular flexibility index (Phi) is 5.19. The van der Waals surface area contributed by atoms with E-state index in [9.17, 15) is 0 Å². The third-order valence-corrected chi connectivity index (χ3v) is 5.24. The topological polar surface area (TPSA) is 15.3 Å². The Bertz CT molecular complexity index is 504. The van der Waals surface area contributed by atoms with E-state index >= 15 is 0 Å². The lowest BCUT2D eigenvalue weighted by Gasteiger charge is -2.29. The Morgan fingerprint density at radius 3 is 2.45 bits per heavy atom. The number of thiophene rings is 1. The number of nitrogens with one attached hydrogen (secondary N) is 1. The summed E-state index contributed by atoms with van der Waals surface area (Å²) >= 11 is 1.90. The lowest BCUT2D eigenvalue weighted by atomic mass is 10.0. The zero-order valence-corrected chi connectivity index (χ0v) is 14.0. The van der Waals surface area contributed by atoms with Crippen molar-refractivity contribution in [3.63, 3.8) is 0 Å². The third-order valence-electron chi connectivity index (χ3n) is 3.94. The standard InChI is InChI=1S/C17H26N2S/c1-12(2)15(19(4)5)11-18-13(3)17-10-14-8-6-7-9-16(14)20-17/h6-10,12-13,15,18H,11H2,1-5H3. The molecule has 0 aliphatic rings. The molecule has 0 fully saturated rings. The molecule has 2 aromatic rings. The zero-order valence-electron chi connectivity index (χ0n) is 13.2. The van der Waals surface area contributed by atoms with E-state index in [0.29, 0.717) is 18.0 Å². The third kappa shape index (κ3) is 3.60. The van der Waals surface area contributed by atoms with Gasteiger partial charge in [0.25, 0.3) is 0 Å². The first kappa shape index (κ1) is 15.5. The maximum atomic E-state index is 3.69. The molecule has 2 nitrogen and oxygen atoms in total. The van der Waals surface area contributed by atoms with Crippen molar-refractivity contribution in [1.82, 2.24) is 10.2 Å².